The summed E-state index contributed by atoms with van der Waals surface area (Å²) >= 11 is 0. The van der Waals surface area contributed by atoms with E-state index >= 15 is 0 Å². The Hall–Kier alpha value is -2.99. The summed E-state index contributed by atoms with van der Waals surface area (Å²) < 4.78 is 11.6. The molecule has 6 nitrogen and oxygen atoms in total. The number of piperidine rings is 1. The summed E-state index contributed by atoms with van der Waals surface area (Å²) in [6, 6.07) is 12.1. The van der Waals surface area contributed by atoms with Crippen LogP contribution in [-0.2, 0) is 11.3 Å². The Morgan fingerprint density at radius 1 is 1.26 bits per heavy atom. The molecule has 1 atom stereocenters. The minimum Gasteiger partial charge on any atom is -0.451 e. The number of rotatable bonds is 4. The van der Waals surface area contributed by atoms with Gasteiger partial charge in [-0.3, -0.25) is 14.6 Å². The van der Waals surface area contributed by atoms with E-state index in [1.165, 1.54) is 6.07 Å². The summed E-state index contributed by atoms with van der Waals surface area (Å²) in [5.41, 5.74) is 1.22. The summed E-state index contributed by atoms with van der Waals surface area (Å²) in [5, 5.41) is 0.477. The molecular formula is C21H20N2O4. The van der Waals surface area contributed by atoms with E-state index < -0.39 is 0 Å². The van der Waals surface area contributed by atoms with Crippen LogP contribution in [0.25, 0.3) is 11.0 Å². The molecule has 0 radical (unpaired) electrons. The van der Waals surface area contributed by atoms with Gasteiger partial charge in [-0.15, -0.1) is 0 Å². The average molecular weight is 364 g/mol. The van der Waals surface area contributed by atoms with Crippen LogP contribution >= 0.6 is 0 Å². The van der Waals surface area contributed by atoms with Crippen molar-refractivity contribution < 1.29 is 13.9 Å². The molecule has 1 fully saturated rings. The number of hydrogen-bond acceptors (Lipinski definition) is 5. The molecule has 1 aromatic carbocycles. The molecule has 3 aromatic rings. The zero-order valence-electron chi connectivity index (χ0n) is 14.8. The Morgan fingerprint density at radius 2 is 2.15 bits per heavy atom. The summed E-state index contributed by atoms with van der Waals surface area (Å²) in [6.45, 7) is 1.57. The van der Waals surface area contributed by atoms with E-state index in [9.17, 15) is 9.59 Å². The second-order valence-corrected chi connectivity index (χ2v) is 6.66. The largest absolute Gasteiger partial charge is 0.451 e. The quantitative estimate of drug-likeness (QED) is 0.712. The standard InChI is InChI=1S/C21H20N2O4/c24-18-11-20(27-19-8-2-1-7-17(18)19)21(25)23-10-4-6-16(13-23)26-14-15-5-3-9-22-12-15/h1-3,5,7-9,11-12,16H,4,6,10,13-14H2/t16-/m0/s1. The lowest BCUT2D eigenvalue weighted by Crippen LogP contribution is -2.43. The molecule has 0 N–H and O–H groups in total. The molecule has 138 valence electrons. The van der Waals surface area contributed by atoms with Crippen molar-refractivity contribution in [2.45, 2.75) is 25.6 Å². The second-order valence-electron chi connectivity index (χ2n) is 6.66. The third-order valence-electron chi connectivity index (χ3n) is 4.72. The van der Waals surface area contributed by atoms with Crippen LogP contribution < -0.4 is 5.43 Å². The van der Waals surface area contributed by atoms with Gasteiger partial charge >= 0.3 is 0 Å². The van der Waals surface area contributed by atoms with Gasteiger partial charge in [0.05, 0.1) is 18.1 Å². The Balaban J connectivity index is 1.46. The normalized spacial score (nSPS) is 17.2. The average Bonchev–Trinajstić information content (AvgIpc) is 2.73. The van der Waals surface area contributed by atoms with Crippen LogP contribution in [0.5, 0.6) is 0 Å². The number of hydrogen-bond donors (Lipinski definition) is 0. The number of ether oxygens (including phenoxy) is 1. The van der Waals surface area contributed by atoms with Gasteiger partial charge in [0.2, 0.25) is 0 Å². The first-order valence-corrected chi connectivity index (χ1v) is 9.03. The lowest BCUT2D eigenvalue weighted by atomic mass is 10.1. The maximum absolute atomic E-state index is 12.8. The maximum Gasteiger partial charge on any atom is 0.289 e. The fourth-order valence-electron chi connectivity index (χ4n) is 3.32. The Labute approximate surface area is 156 Å². The number of carbonyl (C=O) groups is 1. The fourth-order valence-corrected chi connectivity index (χ4v) is 3.32. The van der Waals surface area contributed by atoms with Gasteiger partial charge in [0, 0.05) is 31.5 Å². The predicted octanol–water partition coefficient (Wildman–Crippen LogP) is 3.01. The number of nitrogens with zero attached hydrogens (tertiary/aromatic N) is 2. The molecule has 0 aliphatic carbocycles. The number of benzene rings is 1. The topological polar surface area (TPSA) is 72.6 Å². The van der Waals surface area contributed by atoms with Gasteiger partial charge in [-0.05, 0) is 36.6 Å². The van der Waals surface area contributed by atoms with Crippen molar-refractivity contribution in [2.75, 3.05) is 13.1 Å². The molecule has 27 heavy (non-hydrogen) atoms. The third-order valence-corrected chi connectivity index (χ3v) is 4.72. The molecule has 1 aliphatic rings. The molecule has 1 aliphatic heterocycles. The van der Waals surface area contributed by atoms with E-state index in [1.807, 2.05) is 12.1 Å². The highest BCUT2D eigenvalue weighted by Crippen LogP contribution is 2.19. The summed E-state index contributed by atoms with van der Waals surface area (Å²) in [5.74, 6) is -0.195. The van der Waals surface area contributed by atoms with Gasteiger partial charge in [-0.1, -0.05) is 18.2 Å². The Kier molecular flexibility index (Phi) is 4.98. The molecule has 0 bridgehead atoms. The highest BCUT2D eigenvalue weighted by atomic mass is 16.5. The van der Waals surface area contributed by atoms with Crippen molar-refractivity contribution in [3.8, 4) is 0 Å². The van der Waals surface area contributed by atoms with E-state index in [0.29, 0.717) is 30.7 Å². The minimum absolute atomic E-state index is 0.0462. The van der Waals surface area contributed by atoms with Gasteiger partial charge in [-0.2, -0.15) is 0 Å². The van der Waals surface area contributed by atoms with Crippen molar-refractivity contribution >= 4 is 16.9 Å². The molecule has 0 saturated carbocycles. The molecular weight excluding hydrogens is 344 g/mol. The van der Waals surface area contributed by atoms with Gasteiger partial charge < -0.3 is 14.1 Å². The molecule has 6 heteroatoms. The van der Waals surface area contributed by atoms with Crippen LogP contribution in [-0.4, -0.2) is 35.0 Å². The van der Waals surface area contributed by atoms with Gasteiger partial charge in [-0.25, -0.2) is 0 Å². The third kappa shape index (κ3) is 3.90. The molecule has 1 amide bonds. The highest BCUT2D eigenvalue weighted by Gasteiger charge is 2.27. The molecule has 1 saturated heterocycles. The lowest BCUT2D eigenvalue weighted by Gasteiger charge is -2.32. The van der Waals surface area contributed by atoms with E-state index in [2.05, 4.69) is 4.98 Å². The van der Waals surface area contributed by atoms with E-state index in [4.69, 9.17) is 9.15 Å². The van der Waals surface area contributed by atoms with Crippen LogP contribution in [0.1, 0.15) is 29.0 Å². The van der Waals surface area contributed by atoms with Gasteiger partial charge in [0.1, 0.15) is 5.58 Å². The number of fused-ring (bicyclic) bond motifs is 1. The summed E-state index contributed by atoms with van der Waals surface area (Å²) in [4.78, 5) is 30.9. The molecule has 4 rings (SSSR count). The zero-order valence-corrected chi connectivity index (χ0v) is 14.8. The predicted molar refractivity (Wildman–Crippen MR) is 100 cm³/mol. The molecule has 2 aromatic heterocycles. The van der Waals surface area contributed by atoms with E-state index in [1.54, 1.807) is 41.6 Å². The molecule has 3 heterocycles. The van der Waals surface area contributed by atoms with Crippen LogP contribution in [0.4, 0.5) is 0 Å². The van der Waals surface area contributed by atoms with Crippen LogP contribution in [0.15, 0.2) is 64.1 Å². The summed E-state index contributed by atoms with van der Waals surface area (Å²) in [7, 11) is 0. The summed E-state index contributed by atoms with van der Waals surface area (Å²) in [6.07, 6.45) is 5.19. The molecule has 0 unspecified atom stereocenters. The van der Waals surface area contributed by atoms with Crippen molar-refractivity contribution in [1.29, 1.82) is 0 Å². The first kappa shape index (κ1) is 17.4. The van der Waals surface area contributed by atoms with Gasteiger partial charge in [0.15, 0.2) is 11.2 Å². The SMILES string of the molecule is O=C(c1cc(=O)c2ccccc2o1)N1CCC[C@H](OCc2cccnc2)C1. The van der Waals surface area contributed by atoms with E-state index in [0.717, 1.165) is 18.4 Å². The van der Waals surface area contributed by atoms with Crippen molar-refractivity contribution in [3.63, 3.8) is 0 Å². The van der Waals surface area contributed by atoms with Crippen LogP contribution in [0.2, 0.25) is 0 Å². The minimum atomic E-state index is -0.271. The van der Waals surface area contributed by atoms with E-state index in [-0.39, 0.29) is 23.2 Å². The number of aromatic nitrogens is 1. The van der Waals surface area contributed by atoms with Gasteiger partial charge in [0.25, 0.3) is 5.91 Å². The van der Waals surface area contributed by atoms with Crippen LogP contribution in [0, 0.1) is 0 Å². The number of para-hydroxylation sites is 1. The first-order chi connectivity index (χ1) is 13.2. The maximum atomic E-state index is 12.8. The highest BCUT2D eigenvalue weighted by molar-refractivity contribution is 5.93. The smallest absolute Gasteiger partial charge is 0.289 e. The monoisotopic (exact) mass is 364 g/mol. The number of likely N-dealkylation sites (tertiary alicyclic amines) is 1. The Morgan fingerprint density at radius 3 is 3.00 bits per heavy atom. The van der Waals surface area contributed by atoms with Crippen molar-refractivity contribution in [2.24, 2.45) is 0 Å². The Bertz CT molecular complexity index is 1000. The number of carbonyl (C=O) groups excluding carboxylic acids is 1. The van der Waals surface area contributed by atoms with Crippen molar-refractivity contribution in [3.05, 3.63) is 76.4 Å². The zero-order chi connectivity index (χ0) is 18.6. The first-order valence-electron chi connectivity index (χ1n) is 9.03. The van der Waals surface area contributed by atoms with Crippen molar-refractivity contribution in [1.82, 2.24) is 9.88 Å². The second kappa shape index (κ2) is 7.72. The fraction of sp³-hybridized carbons (Fsp3) is 0.286. The van der Waals surface area contributed by atoms with Crippen LogP contribution in [0.3, 0.4) is 0 Å². The lowest BCUT2D eigenvalue weighted by molar-refractivity contribution is -0.00760. The number of pyridine rings is 1. The number of amides is 1. The molecule has 0 spiro atoms.